The summed E-state index contributed by atoms with van der Waals surface area (Å²) in [4.78, 5) is 12.0. The highest BCUT2D eigenvalue weighted by Gasteiger charge is 2.30. The molecule has 7 heteroatoms. The first-order valence-corrected chi connectivity index (χ1v) is 8.68. The number of benzene rings is 2. The van der Waals surface area contributed by atoms with Crippen molar-refractivity contribution in [3.05, 3.63) is 54.1 Å². The van der Waals surface area contributed by atoms with Crippen LogP contribution in [0, 0.1) is 5.92 Å². The van der Waals surface area contributed by atoms with Gasteiger partial charge in [0.25, 0.3) is 0 Å². The van der Waals surface area contributed by atoms with E-state index < -0.39 is 17.6 Å². The Kier molecular flexibility index (Phi) is 7.10. The van der Waals surface area contributed by atoms with Crippen molar-refractivity contribution in [2.75, 3.05) is 23.8 Å². The van der Waals surface area contributed by atoms with E-state index in [9.17, 15) is 18.0 Å². The van der Waals surface area contributed by atoms with E-state index in [0.29, 0.717) is 24.0 Å². The maximum atomic E-state index is 12.7. The van der Waals surface area contributed by atoms with E-state index in [1.54, 1.807) is 18.2 Å². The van der Waals surface area contributed by atoms with Gasteiger partial charge in [0.05, 0.1) is 18.7 Å². The summed E-state index contributed by atoms with van der Waals surface area (Å²) in [6.45, 7) is 4.76. The molecule has 0 fully saturated rings. The number of rotatable bonds is 8. The zero-order valence-electron chi connectivity index (χ0n) is 15.3. The number of amides is 1. The monoisotopic (exact) mass is 380 g/mol. The molecule has 146 valence electrons. The van der Waals surface area contributed by atoms with E-state index in [-0.39, 0.29) is 12.2 Å². The van der Waals surface area contributed by atoms with Gasteiger partial charge < -0.3 is 15.4 Å². The van der Waals surface area contributed by atoms with Gasteiger partial charge in [0.2, 0.25) is 5.91 Å². The van der Waals surface area contributed by atoms with Crippen LogP contribution >= 0.6 is 0 Å². The molecule has 0 aliphatic heterocycles. The van der Waals surface area contributed by atoms with E-state index in [1.165, 1.54) is 12.1 Å². The second-order valence-corrected chi connectivity index (χ2v) is 6.54. The summed E-state index contributed by atoms with van der Waals surface area (Å²) in [6.07, 6.45) is -3.51. The smallest absolute Gasteiger partial charge is 0.416 e. The lowest BCUT2D eigenvalue weighted by atomic mass is 10.1. The van der Waals surface area contributed by atoms with Crippen LogP contribution in [0.2, 0.25) is 0 Å². The molecule has 2 N–H and O–H groups in total. The minimum absolute atomic E-state index is 0.0777. The van der Waals surface area contributed by atoms with Gasteiger partial charge in [-0.05, 0) is 42.7 Å². The molecule has 0 bridgehead atoms. The van der Waals surface area contributed by atoms with Crippen LogP contribution in [0.5, 0.6) is 5.75 Å². The SMILES string of the molecule is CC(C)CCOc1cccc(NCC(=O)Nc2cccc(C(F)(F)F)c2)c1. The molecule has 0 radical (unpaired) electrons. The zero-order valence-corrected chi connectivity index (χ0v) is 15.3. The minimum atomic E-state index is -4.45. The average Bonchev–Trinajstić information content (AvgIpc) is 2.59. The number of anilines is 2. The van der Waals surface area contributed by atoms with Crippen LogP contribution in [0.25, 0.3) is 0 Å². The van der Waals surface area contributed by atoms with Gasteiger partial charge in [0.15, 0.2) is 0 Å². The van der Waals surface area contributed by atoms with Crippen molar-refractivity contribution in [3.8, 4) is 5.75 Å². The number of carbonyl (C=O) groups excluding carboxylic acids is 1. The van der Waals surface area contributed by atoms with Crippen LogP contribution in [-0.2, 0) is 11.0 Å². The molecule has 2 aromatic carbocycles. The Labute approximate surface area is 156 Å². The highest BCUT2D eigenvalue weighted by atomic mass is 19.4. The third-order valence-corrected chi connectivity index (χ3v) is 3.72. The average molecular weight is 380 g/mol. The highest BCUT2D eigenvalue weighted by Crippen LogP contribution is 2.30. The first kappa shape index (κ1) is 20.6. The third-order valence-electron chi connectivity index (χ3n) is 3.72. The standard InChI is InChI=1S/C20H23F3N2O2/c1-14(2)9-10-27-18-8-4-6-16(12-18)24-13-19(26)25-17-7-3-5-15(11-17)20(21,22)23/h3-8,11-12,14,24H,9-10,13H2,1-2H3,(H,25,26). The molecular formula is C20H23F3N2O2. The summed E-state index contributed by atoms with van der Waals surface area (Å²) in [5.41, 5.74) is -0.0156. The molecule has 0 aliphatic rings. The lowest BCUT2D eigenvalue weighted by Crippen LogP contribution is -2.22. The third kappa shape index (κ3) is 7.21. The molecule has 4 nitrogen and oxygen atoms in total. The summed E-state index contributed by atoms with van der Waals surface area (Å²) in [5.74, 6) is 0.797. The van der Waals surface area contributed by atoms with Crippen molar-refractivity contribution >= 4 is 17.3 Å². The molecule has 0 aromatic heterocycles. The molecule has 0 spiro atoms. The first-order valence-electron chi connectivity index (χ1n) is 8.68. The lowest BCUT2D eigenvalue weighted by Gasteiger charge is -2.12. The topological polar surface area (TPSA) is 50.4 Å². The fraction of sp³-hybridized carbons (Fsp3) is 0.350. The van der Waals surface area contributed by atoms with Gasteiger partial charge in [-0.1, -0.05) is 26.0 Å². The van der Waals surface area contributed by atoms with E-state index in [0.717, 1.165) is 18.6 Å². The van der Waals surface area contributed by atoms with E-state index in [4.69, 9.17) is 4.74 Å². The van der Waals surface area contributed by atoms with Gasteiger partial charge >= 0.3 is 6.18 Å². The molecule has 0 heterocycles. The number of halogens is 3. The lowest BCUT2D eigenvalue weighted by molar-refractivity contribution is -0.137. The fourth-order valence-electron chi connectivity index (χ4n) is 2.27. The van der Waals surface area contributed by atoms with Crippen LogP contribution in [-0.4, -0.2) is 19.1 Å². The quantitative estimate of drug-likeness (QED) is 0.663. The van der Waals surface area contributed by atoms with Crippen LogP contribution in [0.4, 0.5) is 24.5 Å². The first-order chi connectivity index (χ1) is 12.7. The van der Waals surface area contributed by atoms with Crippen LogP contribution in [0.1, 0.15) is 25.8 Å². The maximum absolute atomic E-state index is 12.7. The van der Waals surface area contributed by atoms with Crippen molar-refractivity contribution < 1.29 is 22.7 Å². The summed E-state index contributed by atoms with van der Waals surface area (Å²) in [5, 5.41) is 5.39. The van der Waals surface area contributed by atoms with Crippen LogP contribution < -0.4 is 15.4 Å². The number of carbonyl (C=O) groups is 1. The van der Waals surface area contributed by atoms with Crippen LogP contribution in [0.15, 0.2) is 48.5 Å². The largest absolute Gasteiger partial charge is 0.494 e. The molecule has 2 rings (SSSR count). The van der Waals surface area contributed by atoms with E-state index >= 15 is 0 Å². The summed E-state index contributed by atoms with van der Waals surface area (Å²) in [7, 11) is 0. The molecule has 0 saturated carbocycles. The number of alkyl halides is 3. The second-order valence-electron chi connectivity index (χ2n) is 6.54. The van der Waals surface area contributed by atoms with Gasteiger partial charge in [-0.15, -0.1) is 0 Å². The predicted molar refractivity (Wildman–Crippen MR) is 100.0 cm³/mol. The Balaban J connectivity index is 1.87. The Morgan fingerprint density at radius 2 is 1.78 bits per heavy atom. The molecule has 27 heavy (non-hydrogen) atoms. The van der Waals surface area contributed by atoms with Crippen molar-refractivity contribution in [1.29, 1.82) is 0 Å². The molecule has 0 aliphatic carbocycles. The number of ether oxygens (including phenoxy) is 1. The van der Waals surface area contributed by atoms with Gasteiger partial charge in [-0.25, -0.2) is 0 Å². The van der Waals surface area contributed by atoms with Gasteiger partial charge in [0, 0.05) is 17.4 Å². The van der Waals surface area contributed by atoms with E-state index in [2.05, 4.69) is 24.5 Å². The summed E-state index contributed by atoms with van der Waals surface area (Å²) < 4.78 is 43.8. The predicted octanol–water partition coefficient (Wildman–Crippen LogP) is 5.18. The Bertz CT molecular complexity index is 761. The van der Waals surface area contributed by atoms with Crippen molar-refractivity contribution in [2.24, 2.45) is 5.92 Å². The van der Waals surface area contributed by atoms with Crippen LogP contribution in [0.3, 0.4) is 0 Å². The summed E-state index contributed by atoms with van der Waals surface area (Å²) in [6, 6.07) is 11.7. The van der Waals surface area contributed by atoms with Crippen molar-refractivity contribution in [1.82, 2.24) is 0 Å². The Morgan fingerprint density at radius 1 is 1.07 bits per heavy atom. The number of nitrogens with one attached hydrogen (secondary N) is 2. The molecule has 0 atom stereocenters. The molecule has 0 saturated heterocycles. The fourth-order valence-corrected chi connectivity index (χ4v) is 2.27. The van der Waals surface area contributed by atoms with Crippen molar-refractivity contribution in [2.45, 2.75) is 26.4 Å². The normalized spacial score (nSPS) is 11.3. The van der Waals surface area contributed by atoms with Gasteiger partial charge in [0.1, 0.15) is 5.75 Å². The molecule has 2 aromatic rings. The number of hydrogen-bond donors (Lipinski definition) is 2. The van der Waals surface area contributed by atoms with Crippen molar-refractivity contribution in [3.63, 3.8) is 0 Å². The maximum Gasteiger partial charge on any atom is 0.416 e. The Morgan fingerprint density at radius 3 is 2.48 bits per heavy atom. The molecule has 0 unspecified atom stereocenters. The highest BCUT2D eigenvalue weighted by molar-refractivity contribution is 5.93. The zero-order chi connectivity index (χ0) is 19.9. The second kappa shape index (κ2) is 9.30. The molecular weight excluding hydrogens is 357 g/mol. The van der Waals surface area contributed by atoms with Gasteiger partial charge in [-0.3, -0.25) is 4.79 Å². The Hall–Kier alpha value is -2.70. The van der Waals surface area contributed by atoms with E-state index in [1.807, 2.05) is 6.07 Å². The minimum Gasteiger partial charge on any atom is -0.494 e. The summed E-state index contributed by atoms with van der Waals surface area (Å²) >= 11 is 0. The number of hydrogen-bond acceptors (Lipinski definition) is 3. The molecule has 1 amide bonds. The van der Waals surface area contributed by atoms with Gasteiger partial charge in [-0.2, -0.15) is 13.2 Å².